The molecule has 0 saturated heterocycles. The van der Waals surface area contributed by atoms with Gasteiger partial charge in [0.15, 0.2) is 9.84 Å². The third-order valence-corrected chi connectivity index (χ3v) is 5.39. The van der Waals surface area contributed by atoms with E-state index in [1.54, 1.807) is 22.8 Å². The molecular weight excluding hydrogens is 388 g/mol. The number of amides is 1. The number of carbonyl (C=O) groups excluding carboxylic acids is 1. The molecule has 2 aromatic carbocycles. The Morgan fingerprint density at radius 1 is 1.11 bits per heavy atom. The van der Waals surface area contributed by atoms with E-state index in [1.807, 2.05) is 24.5 Å². The number of aromatic nitrogens is 1. The van der Waals surface area contributed by atoms with Gasteiger partial charge < -0.3 is 14.6 Å². The fraction of sp³-hybridized carbons (Fsp3) is 0.105. The maximum Gasteiger partial charge on any atom is 0.259 e. The Balaban J connectivity index is 2.00. The molecule has 27 heavy (non-hydrogen) atoms. The number of methoxy groups -OCH3 is 1. The lowest BCUT2D eigenvalue weighted by atomic mass is 10.1. The van der Waals surface area contributed by atoms with Crippen molar-refractivity contribution in [1.82, 2.24) is 4.57 Å². The summed E-state index contributed by atoms with van der Waals surface area (Å²) in [5.41, 5.74) is 1.05. The van der Waals surface area contributed by atoms with Gasteiger partial charge in [-0.15, -0.1) is 0 Å². The van der Waals surface area contributed by atoms with Crippen molar-refractivity contribution in [2.24, 2.45) is 0 Å². The van der Waals surface area contributed by atoms with Crippen LogP contribution in [0.5, 0.6) is 5.75 Å². The molecule has 0 saturated carbocycles. The predicted molar refractivity (Wildman–Crippen MR) is 105 cm³/mol. The largest absolute Gasteiger partial charge is 0.496 e. The smallest absolute Gasteiger partial charge is 0.259 e. The molecule has 0 aliphatic rings. The third kappa shape index (κ3) is 3.99. The van der Waals surface area contributed by atoms with Crippen molar-refractivity contribution in [2.75, 3.05) is 18.7 Å². The van der Waals surface area contributed by atoms with Crippen molar-refractivity contribution in [3.63, 3.8) is 0 Å². The number of hydrogen-bond acceptors (Lipinski definition) is 4. The minimum absolute atomic E-state index is 0.0346. The van der Waals surface area contributed by atoms with E-state index < -0.39 is 15.7 Å². The summed E-state index contributed by atoms with van der Waals surface area (Å²) in [5, 5.41) is 2.98. The first-order valence-corrected chi connectivity index (χ1v) is 10.2. The Hall–Kier alpha value is -2.77. The van der Waals surface area contributed by atoms with Gasteiger partial charge in [0.1, 0.15) is 5.75 Å². The number of carbonyl (C=O) groups is 1. The summed E-state index contributed by atoms with van der Waals surface area (Å²) in [6.45, 7) is 0. The number of benzene rings is 2. The van der Waals surface area contributed by atoms with Crippen molar-refractivity contribution >= 4 is 33.0 Å². The Labute approximate surface area is 162 Å². The molecule has 0 atom stereocenters. The topological polar surface area (TPSA) is 77.4 Å². The number of ether oxygens (including phenoxy) is 1. The van der Waals surface area contributed by atoms with E-state index in [2.05, 4.69) is 5.32 Å². The maximum absolute atomic E-state index is 12.8. The average Bonchev–Trinajstić information content (AvgIpc) is 3.15. The Morgan fingerprint density at radius 2 is 1.78 bits per heavy atom. The minimum atomic E-state index is -3.50. The van der Waals surface area contributed by atoms with Gasteiger partial charge in [0, 0.05) is 24.7 Å². The molecule has 0 radical (unpaired) electrons. The second-order valence-corrected chi connectivity index (χ2v) is 8.21. The van der Waals surface area contributed by atoms with Crippen LogP contribution in [0, 0.1) is 0 Å². The summed E-state index contributed by atoms with van der Waals surface area (Å²) >= 11 is 6.35. The molecule has 1 heterocycles. The molecule has 3 aromatic rings. The zero-order valence-electron chi connectivity index (χ0n) is 14.6. The van der Waals surface area contributed by atoms with Gasteiger partial charge in [0.05, 0.1) is 34.0 Å². The van der Waals surface area contributed by atoms with E-state index in [0.29, 0.717) is 16.5 Å². The lowest BCUT2D eigenvalue weighted by molar-refractivity contribution is 0.102. The highest BCUT2D eigenvalue weighted by Crippen LogP contribution is 2.31. The lowest BCUT2D eigenvalue weighted by Gasteiger charge is -2.14. The fourth-order valence-electron chi connectivity index (χ4n) is 2.66. The Morgan fingerprint density at radius 3 is 2.41 bits per heavy atom. The number of halogens is 1. The normalized spacial score (nSPS) is 11.2. The number of nitrogens with one attached hydrogen (secondary N) is 1. The number of rotatable bonds is 5. The van der Waals surface area contributed by atoms with Crippen LogP contribution in [0.25, 0.3) is 5.69 Å². The molecule has 1 amide bonds. The molecular formula is C19H17ClN2O4S. The third-order valence-electron chi connectivity index (χ3n) is 3.93. The Kier molecular flexibility index (Phi) is 5.25. The van der Waals surface area contributed by atoms with Gasteiger partial charge in [-0.25, -0.2) is 8.42 Å². The number of anilines is 1. The zero-order valence-corrected chi connectivity index (χ0v) is 16.2. The van der Waals surface area contributed by atoms with Gasteiger partial charge in [0.25, 0.3) is 5.91 Å². The van der Waals surface area contributed by atoms with E-state index in [-0.39, 0.29) is 16.1 Å². The molecule has 6 nitrogen and oxygen atoms in total. The van der Waals surface area contributed by atoms with Crippen LogP contribution in [0.15, 0.2) is 65.8 Å². The molecule has 0 fully saturated rings. The SMILES string of the molecule is COc1cc(-n2cccc2)c(Cl)cc1C(=O)Nc1ccccc1S(C)(=O)=O. The molecule has 8 heteroatoms. The quantitative estimate of drug-likeness (QED) is 0.701. The van der Waals surface area contributed by atoms with Crippen LogP contribution in [0.1, 0.15) is 10.4 Å². The van der Waals surface area contributed by atoms with Gasteiger partial charge in [-0.3, -0.25) is 4.79 Å². The van der Waals surface area contributed by atoms with Crippen molar-refractivity contribution in [3.8, 4) is 11.4 Å². The fourth-order valence-corrected chi connectivity index (χ4v) is 3.77. The van der Waals surface area contributed by atoms with Crippen molar-refractivity contribution in [2.45, 2.75) is 4.90 Å². The van der Waals surface area contributed by atoms with Gasteiger partial charge in [-0.1, -0.05) is 23.7 Å². The van der Waals surface area contributed by atoms with Crippen LogP contribution < -0.4 is 10.1 Å². The lowest BCUT2D eigenvalue weighted by Crippen LogP contribution is -2.16. The first kappa shape index (κ1) is 19.0. The van der Waals surface area contributed by atoms with E-state index in [9.17, 15) is 13.2 Å². The van der Waals surface area contributed by atoms with Crippen LogP contribution in [-0.2, 0) is 9.84 Å². The highest BCUT2D eigenvalue weighted by atomic mass is 35.5. The van der Waals surface area contributed by atoms with Crippen molar-refractivity contribution in [3.05, 3.63) is 71.5 Å². The zero-order chi connectivity index (χ0) is 19.6. The number of para-hydroxylation sites is 1. The minimum Gasteiger partial charge on any atom is -0.496 e. The second-order valence-electron chi connectivity index (χ2n) is 5.82. The van der Waals surface area contributed by atoms with Crippen LogP contribution in [0.3, 0.4) is 0 Å². The predicted octanol–water partition coefficient (Wildman–Crippen LogP) is 3.80. The van der Waals surface area contributed by atoms with Crippen molar-refractivity contribution in [1.29, 1.82) is 0 Å². The summed E-state index contributed by atoms with van der Waals surface area (Å²) in [6.07, 6.45) is 4.73. The van der Waals surface area contributed by atoms with Gasteiger partial charge in [0.2, 0.25) is 0 Å². The summed E-state index contributed by atoms with van der Waals surface area (Å²) in [7, 11) is -2.05. The van der Waals surface area contributed by atoms with Crippen LogP contribution in [0.2, 0.25) is 5.02 Å². The van der Waals surface area contributed by atoms with E-state index in [1.165, 1.54) is 25.3 Å². The molecule has 0 unspecified atom stereocenters. The van der Waals surface area contributed by atoms with E-state index in [0.717, 1.165) is 6.26 Å². The van der Waals surface area contributed by atoms with Crippen LogP contribution >= 0.6 is 11.6 Å². The van der Waals surface area contributed by atoms with E-state index >= 15 is 0 Å². The monoisotopic (exact) mass is 404 g/mol. The molecule has 0 aliphatic heterocycles. The molecule has 1 N–H and O–H groups in total. The van der Waals surface area contributed by atoms with Crippen molar-refractivity contribution < 1.29 is 17.9 Å². The van der Waals surface area contributed by atoms with Gasteiger partial charge in [-0.05, 0) is 30.3 Å². The average molecular weight is 405 g/mol. The second kappa shape index (κ2) is 7.46. The number of nitrogens with zero attached hydrogens (tertiary/aromatic N) is 1. The Bertz CT molecular complexity index is 1090. The molecule has 1 aromatic heterocycles. The number of sulfone groups is 1. The van der Waals surface area contributed by atoms with Gasteiger partial charge in [-0.2, -0.15) is 0 Å². The first-order valence-electron chi connectivity index (χ1n) is 7.92. The molecule has 0 bridgehead atoms. The molecule has 3 rings (SSSR count). The summed E-state index contributed by atoms with van der Waals surface area (Å²) in [4.78, 5) is 12.8. The van der Waals surface area contributed by atoms with Gasteiger partial charge >= 0.3 is 0 Å². The number of hydrogen-bond donors (Lipinski definition) is 1. The standard InChI is InChI=1S/C19H17ClN2O4S/c1-26-17-12-16(22-9-5-6-10-22)14(20)11-13(17)19(23)21-15-7-3-4-8-18(15)27(2,24)25/h3-12H,1-2H3,(H,21,23). The van der Waals surface area contributed by atoms with Crippen LogP contribution in [0.4, 0.5) is 5.69 Å². The summed E-state index contributed by atoms with van der Waals surface area (Å²) in [6, 6.07) is 13.0. The maximum atomic E-state index is 12.8. The molecule has 140 valence electrons. The van der Waals surface area contributed by atoms with Crippen LogP contribution in [-0.4, -0.2) is 32.3 Å². The highest BCUT2D eigenvalue weighted by molar-refractivity contribution is 7.90. The summed E-state index contributed by atoms with van der Waals surface area (Å²) in [5.74, 6) is -0.207. The molecule has 0 aliphatic carbocycles. The summed E-state index contributed by atoms with van der Waals surface area (Å²) < 4.78 is 31.0. The van der Waals surface area contributed by atoms with E-state index in [4.69, 9.17) is 16.3 Å². The first-order chi connectivity index (χ1) is 12.8. The molecule has 0 spiro atoms. The highest BCUT2D eigenvalue weighted by Gasteiger charge is 2.20.